The van der Waals surface area contributed by atoms with Crippen LogP contribution < -0.4 is 4.18 Å². The summed E-state index contributed by atoms with van der Waals surface area (Å²) in [6.45, 7) is 0. The number of hydrogen-bond acceptors (Lipinski definition) is 7. The Balaban J connectivity index is 1.72. The Labute approximate surface area is 206 Å². The van der Waals surface area contributed by atoms with E-state index in [0.717, 1.165) is 11.1 Å². The van der Waals surface area contributed by atoms with E-state index in [1.807, 2.05) is 30.3 Å². The molecule has 36 heavy (non-hydrogen) atoms. The highest BCUT2D eigenvalue weighted by molar-refractivity contribution is 7.81. The predicted octanol–water partition coefficient (Wildman–Crippen LogP) is 4.17. The summed E-state index contributed by atoms with van der Waals surface area (Å²) in [7, 11) is -4.87. The summed E-state index contributed by atoms with van der Waals surface area (Å²) in [5.74, 6) is 0.0203. The molecule has 0 radical (unpaired) electrons. The quantitative estimate of drug-likeness (QED) is 0.282. The van der Waals surface area contributed by atoms with Crippen molar-refractivity contribution in [3.05, 3.63) is 108 Å². The van der Waals surface area contributed by atoms with Crippen molar-refractivity contribution in [1.82, 2.24) is 14.4 Å². The van der Waals surface area contributed by atoms with E-state index in [1.165, 1.54) is 28.7 Å². The highest BCUT2D eigenvalue weighted by atomic mass is 32.3. The minimum Gasteiger partial charge on any atom is -0.508 e. The third-order valence-electron chi connectivity index (χ3n) is 5.57. The number of nitrogens with zero attached hydrogens (tertiary/aromatic N) is 3. The lowest BCUT2D eigenvalue weighted by Gasteiger charge is -2.10. The first-order valence-electron chi connectivity index (χ1n) is 10.9. The smallest absolute Gasteiger partial charge is 0.448 e. The van der Waals surface area contributed by atoms with Gasteiger partial charge in [0.05, 0.1) is 11.4 Å². The van der Waals surface area contributed by atoms with Gasteiger partial charge in [0.1, 0.15) is 17.2 Å². The topological polar surface area (TPSA) is 134 Å². The Bertz CT molecular complexity index is 1630. The molecule has 0 atom stereocenters. The van der Waals surface area contributed by atoms with Crippen LogP contribution in [0.15, 0.2) is 85.1 Å². The van der Waals surface area contributed by atoms with Crippen molar-refractivity contribution in [2.45, 2.75) is 12.8 Å². The zero-order valence-electron chi connectivity index (χ0n) is 18.8. The fraction of sp³-hybridized carbons (Fsp3) is 0.0769. The van der Waals surface area contributed by atoms with Gasteiger partial charge in [0.15, 0.2) is 5.65 Å². The fourth-order valence-electron chi connectivity index (χ4n) is 3.92. The molecule has 0 aliphatic heterocycles. The first-order valence-corrected chi connectivity index (χ1v) is 12.3. The van der Waals surface area contributed by atoms with Gasteiger partial charge in [-0.3, -0.25) is 8.95 Å². The maximum Gasteiger partial charge on any atom is 0.448 e. The van der Waals surface area contributed by atoms with Gasteiger partial charge in [-0.2, -0.15) is 8.42 Å². The first kappa shape index (κ1) is 23.3. The molecule has 2 heterocycles. The molecule has 9 nitrogen and oxygen atoms in total. The van der Waals surface area contributed by atoms with Crippen molar-refractivity contribution in [2.24, 2.45) is 0 Å². The molecule has 10 heteroatoms. The molecular weight excluding hydrogens is 482 g/mol. The molecule has 0 saturated heterocycles. The average molecular weight is 504 g/mol. The summed E-state index contributed by atoms with van der Waals surface area (Å²) in [6.07, 6.45) is 2.15. The number of benzene rings is 3. The minimum atomic E-state index is -4.87. The van der Waals surface area contributed by atoms with E-state index in [9.17, 15) is 23.2 Å². The SMILES string of the molecule is O=S(=O)(O)Oc1c(Cc2ccc(O)cc2)nc2c(Cc3ccccc3)nc(-c3ccc(O)cc3)cn12. The standard InChI is InChI=1S/C26H21N3O6S/c30-20-10-6-18(7-11-20)15-23-26(35-36(32,33)34)29-16-24(19-8-12-21(31)13-9-19)27-22(25(29)28-23)14-17-4-2-1-3-5-17/h1-13,16,30-31H,14-15H2,(H,32,33,34). The Kier molecular flexibility index (Phi) is 6.05. The first-order chi connectivity index (χ1) is 17.2. The van der Waals surface area contributed by atoms with E-state index in [1.54, 1.807) is 30.5 Å². The van der Waals surface area contributed by atoms with Crippen LogP contribution in [0, 0.1) is 0 Å². The van der Waals surface area contributed by atoms with Crippen LogP contribution in [-0.2, 0) is 23.2 Å². The van der Waals surface area contributed by atoms with Crippen LogP contribution in [0.1, 0.15) is 22.5 Å². The van der Waals surface area contributed by atoms with Crippen LogP contribution >= 0.6 is 0 Å². The van der Waals surface area contributed by atoms with Crippen LogP contribution in [0.4, 0.5) is 0 Å². The van der Waals surface area contributed by atoms with Gasteiger partial charge in [0, 0.05) is 24.6 Å². The number of phenols is 2. The van der Waals surface area contributed by atoms with Crippen molar-refractivity contribution in [1.29, 1.82) is 0 Å². The molecule has 3 N–H and O–H groups in total. The Morgan fingerprint density at radius 2 is 1.33 bits per heavy atom. The van der Waals surface area contributed by atoms with Gasteiger partial charge in [-0.15, -0.1) is 0 Å². The van der Waals surface area contributed by atoms with Crippen LogP contribution in [0.2, 0.25) is 0 Å². The molecule has 0 aliphatic carbocycles. The number of rotatable bonds is 7. The summed E-state index contributed by atoms with van der Waals surface area (Å²) >= 11 is 0. The lowest BCUT2D eigenvalue weighted by atomic mass is 10.1. The number of aromatic hydroxyl groups is 2. The lowest BCUT2D eigenvalue weighted by Crippen LogP contribution is -2.10. The number of aromatic nitrogens is 3. The van der Waals surface area contributed by atoms with Gasteiger partial charge in [0.2, 0.25) is 5.88 Å². The zero-order chi connectivity index (χ0) is 25.3. The second-order valence-electron chi connectivity index (χ2n) is 8.19. The normalized spacial score (nSPS) is 11.6. The third kappa shape index (κ3) is 5.14. The molecule has 5 aromatic rings. The molecular formula is C26H21N3O6S. The van der Waals surface area contributed by atoms with Crippen molar-refractivity contribution in [3.63, 3.8) is 0 Å². The van der Waals surface area contributed by atoms with E-state index in [2.05, 4.69) is 4.98 Å². The molecule has 3 aromatic carbocycles. The van der Waals surface area contributed by atoms with Crippen LogP contribution in [-0.4, -0.2) is 37.6 Å². The number of fused-ring (bicyclic) bond motifs is 1. The van der Waals surface area contributed by atoms with Crippen molar-refractivity contribution < 1.29 is 27.4 Å². The minimum absolute atomic E-state index is 0.0936. The Morgan fingerprint density at radius 3 is 1.97 bits per heavy atom. The summed E-state index contributed by atoms with van der Waals surface area (Å²) in [5, 5.41) is 19.3. The van der Waals surface area contributed by atoms with E-state index in [0.29, 0.717) is 29.0 Å². The largest absolute Gasteiger partial charge is 0.508 e. The third-order valence-corrected chi connectivity index (χ3v) is 5.94. The summed E-state index contributed by atoms with van der Waals surface area (Å²) < 4.78 is 39.5. The Hall–Kier alpha value is -4.41. The summed E-state index contributed by atoms with van der Waals surface area (Å²) in [6, 6.07) is 22.4. The highest BCUT2D eigenvalue weighted by Gasteiger charge is 2.23. The van der Waals surface area contributed by atoms with Gasteiger partial charge in [0.25, 0.3) is 0 Å². The van der Waals surface area contributed by atoms with Gasteiger partial charge >= 0.3 is 10.4 Å². The van der Waals surface area contributed by atoms with Crippen molar-refractivity contribution in [3.8, 4) is 28.6 Å². The van der Waals surface area contributed by atoms with Gasteiger partial charge in [-0.25, -0.2) is 9.97 Å². The number of hydrogen-bond donors (Lipinski definition) is 3. The summed E-state index contributed by atoms with van der Waals surface area (Å²) in [5.41, 5.74) is 4.07. The maximum atomic E-state index is 11.8. The molecule has 0 saturated carbocycles. The fourth-order valence-corrected chi connectivity index (χ4v) is 4.30. The number of imidazole rings is 1. The molecule has 2 aromatic heterocycles. The Morgan fingerprint density at radius 1 is 0.750 bits per heavy atom. The monoisotopic (exact) mass is 503 g/mol. The molecule has 0 unspecified atom stereocenters. The van der Waals surface area contributed by atoms with Crippen molar-refractivity contribution in [2.75, 3.05) is 0 Å². The predicted molar refractivity (Wildman–Crippen MR) is 132 cm³/mol. The lowest BCUT2D eigenvalue weighted by molar-refractivity contribution is 0.378. The number of phenolic OH excluding ortho intramolecular Hbond substituents is 2. The molecule has 5 rings (SSSR count). The second kappa shape index (κ2) is 9.33. The van der Waals surface area contributed by atoms with Gasteiger partial charge < -0.3 is 14.4 Å². The van der Waals surface area contributed by atoms with E-state index < -0.39 is 10.4 Å². The van der Waals surface area contributed by atoms with E-state index in [-0.39, 0.29) is 29.5 Å². The van der Waals surface area contributed by atoms with Crippen molar-refractivity contribution >= 4 is 16.0 Å². The second-order valence-corrected chi connectivity index (χ2v) is 9.22. The maximum absolute atomic E-state index is 11.8. The molecule has 0 fully saturated rings. The van der Waals surface area contributed by atoms with Gasteiger partial charge in [-0.1, -0.05) is 42.5 Å². The molecule has 0 spiro atoms. The zero-order valence-corrected chi connectivity index (χ0v) is 19.6. The molecule has 0 bridgehead atoms. The van der Waals surface area contributed by atoms with E-state index >= 15 is 0 Å². The van der Waals surface area contributed by atoms with E-state index in [4.69, 9.17) is 9.17 Å². The summed E-state index contributed by atoms with van der Waals surface area (Å²) in [4.78, 5) is 9.46. The molecule has 0 aliphatic rings. The van der Waals surface area contributed by atoms with Crippen LogP contribution in [0.25, 0.3) is 16.9 Å². The van der Waals surface area contributed by atoms with Crippen LogP contribution in [0.5, 0.6) is 17.4 Å². The van der Waals surface area contributed by atoms with Crippen LogP contribution in [0.3, 0.4) is 0 Å². The van der Waals surface area contributed by atoms with Gasteiger partial charge in [-0.05, 0) is 47.5 Å². The highest BCUT2D eigenvalue weighted by Crippen LogP contribution is 2.30. The average Bonchev–Trinajstić information content (AvgIpc) is 3.17. The molecule has 0 amide bonds. The molecule has 182 valence electrons.